The molecule has 0 spiro atoms. The van der Waals surface area contributed by atoms with Crippen LogP contribution >= 0.6 is 11.6 Å². The lowest BCUT2D eigenvalue weighted by Crippen LogP contribution is -2.44. The summed E-state index contributed by atoms with van der Waals surface area (Å²) >= 11 is 6.52. The highest BCUT2D eigenvalue weighted by atomic mass is 35.5. The Morgan fingerprint density at radius 3 is 2.37 bits per heavy atom. The Morgan fingerprint density at radius 2 is 1.78 bits per heavy atom. The number of amides is 1. The number of carbonyl (C=O) groups excluding carboxylic acids is 1. The number of aryl methyl sites for hydroxylation is 1. The predicted molar refractivity (Wildman–Crippen MR) is 157 cm³/mol. The van der Waals surface area contributed by atoms with Gasteiger partial charge in [0.2, 0.25) is 0 Å². The summed E-state index contributed by atoms with van der Waals surface area (Å²) in [6, 6.07) is 8.32. The number of rotatable bonds is 8. The normalized spacial score (nSPS) is 14.8. The molecule has 41 heavy (non-hydrogen) atoms. The summed E-state index contributed by atoms with van der Waals surface area (Å²) in [5, 5.41) is 12.1. The molecule has 0 aliphatic carbocycles. The Balaban J connectivity index is 1.63. The number of nitrogens with zero attached hydrogens (tertiary/aromatic N) is 5. The first kappa shape index (κ1) is 30.2. The smallest absolute Gasteiger partial charge is 0.386 e. The van der Waals surface area contributed by atoms with Gasteiger partial charge >= 0.3 is 6.18 Å². The maximum atomic E-state index is 13.8. The topological polar surface area (TPSA) is 80.7 Å². The van der Waals surface area contributed by atoms with Gasteiger partial charge in [-0.05, 0) is 50.4 Å². The molecule has 0 saturated carbocycles. The van der Waals surface area contributed by atoms with E-state index in [1.54, 1.807) is 54.4 Å². The summed E-state index contributed by atoms with van der Waals surface area (Å²) < 4.78 is 43.0. The maximum Gasteiger partial charge on any atom is 0.416 e. The average molecular weight is 591 g/mol. The first-order valence-electron chi connectivity index (χ1n) is 13.0. The minimum Gasteiger partial charge on any atom is -0.386 e. The van der Waals surface area contributed by atoms with Crippen LogP contribution in [-0.4, -0.2) is 67.9 Å². The van der Waals surface area contributed by atoms with Gasteiger partial charge < -0.3 is 20.4 Å². The first-order chi connectivity index (χ1) is 19.4. The largest absolute Gasteiger partial charge is 0.416 e. The van der Waals surface area contributed by atoms with Crippen molar-refractivity contribution >= 4 is 40.3 Å². The Kier molecular flexibility index (Phi) is 9.15. The Morgan fingerprint density at radius 1 is 1.07 bits per heavy atom. The van der Waals surface area contributed by atoms with Crippen molar-refractivity contribution in [2.45, 2.75) is 13.1 Å². The minimum atomic E-state index is -4.56. The zero-order valence-electron chi connectivity index (χ0n) is 23.6. The molecular weight excluding hydrogens is 557 g/mol. The van der Waals surface area contributed by atoms with E-state index in [1.807, 2.05) is 25.9 Å². The molecule has 3 aromatic rings. The number of hydrogen-bond acceptors (Lipinski definition) is 7. The molecule has 1 fully saturated rings. The van der Waals surface area contributed by atoms with Gasteiger partial charge in [0, 0.05) is 81.7 Å². The van der Waals surface area contributed by atoms with Gasteiger partial charge in [-0.3, -0.25) is 14.5 Å². The van der Waals surface area contributed by atoms with E-state index in [9.17, 15) is 18.0 Å². The molecule has 1 aliphatic heterocycles. The number of alkyl halides is 3. The fraction of sp³-hybridized carbons (Fsp3) is 0.357. The second-order valence-electron chi connectivity index (χ2n) is 9.83. The van der Waals surface area contributed by atoms with Crippen LogP contribution in [0.15, 0.2) is 48.8 Å². The van der Waals surface area contributed by atoms with E-state index in [2.05, 4.69) is 26.1 Å². The highest BCUT2D eigenvalue weighted by molar-refractivity contribution is 6.33. The number of carbonyl (C=O) groups is 1. The van der Waals surface area contributed by atoms with Gasteiger partial charge in [0.15, 0.2) is 0 Å². The van der Waals surface area contributed by atoms with Gasteiger partial charge in [-0.1, -0.05) is 11.6 Å². The summed E-state index contributed by atoms with van der Waals surface area (Å²) in [7, 11) is 7.30. The SMILES string of the molecule is CN/C(=C\N(NC)c1cc(C(=O)Nc2cc(N3CCN(C)CC3)cc(C(F)(F)F)c2)ccc1Cl)c1cnn(C)c1C. The third-order valence-corrected chi connectivity index (χ3v) is 7.45. The average Bonchev–Trinajstić information content (AvgIpc) is 3.27. The molecule has 2 aromatic carbocycles. The number of hydrazine groups is 1. The van der Waals surface area contributed by atoms with Crippen molar-refractivity contribution in [1.29, 1.82) is 0 Å². The van der Waals surface area contributed by atoms with Crippen LogP contribution in [0.3, 0.4) is 0 Å². The van der Waals surface area contributed by atoms with E-state index in [4.69, 9.17) is 11.6 Å². The number of likely N-dealkylation sites (N-methyl/N-ethyl adjacent to an activating group) is 1. The lowest BCUT2D eigenvalue weighted by Gasteiger charge is -2.34. The van der Waals surface area contributed by atoms with E-state index in [0.29, 0.717) is 29.5 Å². The number of piperazine rings is 1. The molecular formula is C28H34ClF3N8O. The van der Waals surface area contributed by atoms with Gasteiger partial charge in [-0.2, -0.15) is 18.3 Å². The van der Waals surface area contributed by atoms with E-state index in [1.165, 1.54) is 6.07 Å². The highest BCUT2D eigenvalue weighted by Crippen LogP contribution is 2.35. The molecule has 4 rings (SSSR count). The van der Waals surface area contributed by atoms with Crippen LogP contribution < -0.4 is 26.0 Å². The number of hydrogen-bond donors (Lipinski definition) is 3. The van der Waals surface area contributed by atoms with Crippen LogP contribution in [0.2, 0.25) is 5.02 Å². The Bertz CT molecular complexity index is 1430. The first-order valence-corrected chi connectivity index (χ1v) is 13.4. The van der Waals surface area contributed by atoms with Crippen LogP contribution in [0.4, 0.5) is 30.2 Å². The highest BCUT2D eigenvalue weighted by Gasteiger charge is 2.32. The van der Waals surface area contributed by atoms with Gasteiger partial charge in [0.1, 0.15) is 0 Å². The molecule has 9 nitrogen and oxygen atoms in total. The number of aromatic nitrogens is 2. The summed E-state index contributed by atoms with van der Waals surface area (Å²) in [5.74, 6) is -0.566. The van der Waals surface area contributed by atoms with Crippen LogP contribution in [0.5, 0.6) is 0 Å². The molecule has 0 bridgehead atoms. The molecule has 13 heteroatoms. The summed E-state index contributed by atoms with van der Waals surface area (Å²) in [5.41, 5.74) is 5.96. The molecule has 3 N–H and O–H groups in total. The van der Waals surface area contributed by atoms with Crippen LogP contribution in [-0.2, 0) is 13.2 Å². The molecule has 1 saturated heterocycles. The summed E-state index contributed by atoms with van der Waals surface area (Å²) in [6.07, 6.45) is -1.04. The quantitative estimate of drug-likeness (QED) is 0.332. The molecule has 0 unspecified atom stereocenters. The summed E-state index contributed by atoms with van der Waals surface area (Å²) in [4.78, 5) is 17.3. The number of nitrogens with one attached hydrogen (secondary N) is 3. The fourth-order valence-corrected chi connectivity index (χ4v) is 4.76. The van der Waals surface area contributed by atoms with E-state index in [0.717, 1.165) is 42.2 Å². The fourth-order valence-electron chi connectivity index (χ4n) is 4.55. The number of anilines is 3. The molecule has 1 amide bonds. The molecule has 2 heterocycles. The third kappa shape index (κ3) is 6.95. The number of halogens is 4. The van der Waals surface area contributed by atoms with Crippen LogP contribution in [0.25, 0.3) is 5.70 Å². The minimum absolute atomic E-state index is 0.0603. The van der Waals surface area contributed by atoms with Gasteiger partial charge in [0.05, 0.1) is 28.2 Å². The number of benzene rings is 2. The Labute approximate surface area is 242 Å². The zero-order valence-corrected chi connectivity index (χ0v) is 24.4. The van der Waals surface area contributed by atoms with Crippen molar-refractivity contribution in [3.8, 4) is 0 Å². The second-order valence-corrected chi connectivity index (χ2v) is 10.2. The van der Waals surface area contributed by atoms with Crippen molar-refractivity contribution in [1.82, 2.24) is 25.4 Å². The van der Waals surface area contributed by atoms with E-state index in [-0.39, 0.29) is 11.3 Å². The lowest BCUT2D eigenvalue weighted by atomic mass is 10.1. The van der Waals surface area contributed by atoms with E-state index >= 15 is 0 Å². The van der Waals surface area contributed by atoms with Gasteiger partial charge in [-0.15, -0.1) is 0 Å². The molecule has 220 valence electrons. The third-order valence-electron chi connectivity index (χ3n) is 7.13. The maximum absolute atomic E-state index is 13.8. The van der Waals surface area contributed by atoms with Crippen molar-refractivity contribution in [2.75, 3.05) is 62.5 Å². The summed E-state index contributed by atoms with van der Waals surface area (Å²) in [6.45, 7) is 4.59. The van der Waals surface area contributed by atoms with Crippen molar-refractivity contribution < 1.29 is 18.0 Å². The van der Waals surface area contributed by atoms with Crippen LogP contribution in [0.1, 0.15) is 27.2 Å². The van der Waals surface area contributed by atoms with Gasteiger partial charge in [0.25, 0.3) is 5.91 Å². The van der Waals surface area contributed by atoms with E-state index < -0.39 is 17.6 Å². The zero-order chi connectivity index (χ0) is 29.9. The lowest BCUT2D eigenvalue weighted by molar-refractivity contribution is -0.137. The predicted octanol–water partition coefficient (Wildman–Crippen LogP) is 4.56. The van der Waals surface area contributed by atoms with Crippen molar-refractivity contribution in [2.24, 2.45) is 7.05 Å². The molecule has 1 aromatic heterocycles. The van der Waals surface area contributed by atoms with Crippen molar-refractivity contribution in [3.63, 3.8) is 0 Å². The molecule has 0 atom stereocenters. The van der Waals surface area contributed by atoms with Crippen LogP contribution in [0, 0.1) is 6.92 Å². The second kappa shape index (κ2) is 12.4. The monoisotopic (exact) mass is 590 g/mol. The standard InChI is InChI=1S/C28H34ClF3N8O/c1-18-23(16-35-38(18)5)25(33-2)17-40(34-3)26-12-19(6-7-24(26)29)27(41)36-21-13-20(28(30,31)32)14-22(15-21)39-10-8-37(4)9-11-39/h6-7,12-17,33-34H,8-11H2,1-5H3,(H,36,41)/b25-17-. The molecule has 1 aliphatic rings. The molecule has 0 radical (unpaired) electrons. The Hall–Kier alpha value is -3.74. The van der Waals surface area contributed by atoms with Crippen molar-refractivity contribution in [3.05, 3.63) is 76.2 Å². The van der Waals surface area contributed by atoms with Gasteiger partial charge in [-0.25, -0.2) is 5.43 Å².